The molecule has 1 aliphatic rings. The van der Waals surface area contributed by atoms with Crippen LogP contribution < -0.4 is 0 Å². The van der Waals surface area contributed by atoms with E-state index < -0.39 is 0 Å². The summed E-state index contributed by atoms with van der Waals surface area (Å²) in [5.74, 6) is 1.62. The number of likely N-dealkylation sites (tertiary alicyclic amines) is 1. The van der Waals surface area contributed by atoms with Gasteiger partial charge < -0.3 is 4.90 Å². The zero-order valence-corrected chi connectivity index (χ0v) is 9.72. The Hall–Kier alpha value is -0.440. The Morgan fingerprint density at radius 3 is 3.00 bits per heavy atom. The molecule has 0 aromatic rings. The quantitative estimate of drug-likeness (QED) is 0.562. The fourth-order valence-corrected chi connectivity index (χ4v) is 1.76. The van der Waals surface area contributed by atoms with Crippen molar-refractivity contribution in [3.05, 3.63) is 12.2 Å². The van der Waals surface area contributed by atoms with Gasteiger partial charge in [-0.25, -0.2) is 0 Å². The van der Waals surface area contributed by atoms with Gasteiger partial charge in [-0.15, -0.1) is 0 Å². The van der Waals surface area contributed by atoms with E-state index in [9.17, 15) is 4.79 Å². The summed E-state index contributed by atoms with van der Waals surface area (Å²) < 4.78 is 0. The van der Waals surface area contributed by atoms with Gasteiger partial charge in [-0.1, -0.05) is 13.5 Å². The minimum atomic E-state index is 0.275. The van der Waals surface area contributed by atoms with Crippen LogP contribution >= 0.6 is 12.6 Å². The number of carbonyl (C=O) groups is 1. The number of hydrogen-bond donors (Lipinski definition) is 1. The molecule has 1 rings (SSSR count). The molecule has 14 heavy (non-hydrogen) atoms. The highest BCUT2D eigenvalue weighted by Crippen LogP contribution is 2.18. The van der Waals surface area contributed by atoms with Crippen molar-refractivity contribution in [3.8, 4) is 0 Å². The summed E-state index contributed by atoms with van der Waals surface area (Å²) in [6, 6.07) is 0. The van der Waals surface area contributed by atoms with E-state index in [1.807, 2.05) is 4.90 Å². The van der Waals surface area contributed by atoms with E-state index in [-0.39, 0.29) is 5.91 Å². The summed E-state index contributed by atoms with van der Waals surface area (Å²) >= 11 is 4.15. The van der Waals surface area contributed by atoms with Crippen LogP contribution in [0.25, 0.3) is 0 Å². The second kappa shape index (κ2) is 5.44. The molecule has 1 amide bonds. The molecule has 0 saturated carbocycles. The summed E-state index contributed by atoms with van der Waals surface area (Å²) in [4.78, 5) is 13.6. The van der Waals surface area contributed by atoms with Crippen LogP contribution in [0.1, 0.15) is 26.2 Å². The van der Waals surface area contributed by atoms with Crippen molar-refractivity contribution >= 4 is 18.5 Å². The molecule has 0 aromatic carbocycles. The Morgan fingerprint density at radius 2 is 2.36 bits per heavy atom. The maximum absolute atomic E-state index is 11.7. The first-order valence-electron chi connectivity index (χ1n) is 5.18. The SMILES string of the molecule is C=C(CS)CN1CCC(C)CCC1=O. The van der Waals surface area contributed by atoms with E-state index in [2.05, 4.69) is 26.1 Å². The summed E-state index contributed by atoms with van der Waals surface area (Å²) in [7, 11) is 0. The van der Waals surface area contributed by atoms with Gasteiger partial charge in [0, 0.05) is 25.3 Å². The van der Waals surface area contributed by atoms with E-state index >= 15 is 0 Å². The average molecular weight is 213 g/mol. The van der Waals surface area contributed by atoms with Crippen molar-refractivity contribution in [1.82, 2.24) is 4.90 Å². The van der Waals surface area contributed by atoms with E-state index in [4.69, 9.17) is 0 Å². The molecule has 0 aliphatic carbocycles. The molecule has 0 N–H and O–H groups in total. The maximum Gasteiger partial charge on any atom is 0.222 e. The van der Waals surface area contributed by atoms with Crippen molar-refractivity contribution in [2.75, 3.05) is 18.8 Å². The number of thiol groups is 1. The van der Waals surface area contributed by atoms with Crippen molar-refractivity contribution < 1.29 is 4.79 Å². The zero-order valence-electron chi connectivity index (χ0n) is 8.83. The highest BCUT2D eigenvalue weighted by molar-refractivity contribution is 7.80. The summed E-state index contributed by atoms with van der Waals surface area (Å²) in [6.07, 6.45) is 2.84. The van der Waals surface area contributed by atoms with Crippen LogP contribution in [-0.2, 0) is 4.79 Å². The highest BCUT2D eigenvalue weighted by atomic mass is 32.1. The molecule has 0 aromatic heterocycles. The molecular weight excluding hydrogens is 194 g/mol. The van der Waals surface area contributed by atoms with E-state index in [1.54, 1.807) is 0 Å². The number of amides is 1. The predicted molar refractivity (Wildman–Crippen MR) is 62.6 cm³/mol. The molecule has 1 unspecified atom stereocenters. The molecule has 1 aliphatic heterocycles. The van der Waals surface area contributed by atoms with Crippen LogP contribution in [0.5, 0.6) is 0 Å². The van der Waals surface area contributed by atoms with Crippen LogP contribution in [0.15, 0.2) is 12.2 Å². The molecule has 80 valence electrons. The molecule has 0 bridgehead atoms. The number of carbonyl (C=O) groups excluding carboxylic acids is 1. The molecular formula is C11H19NOS. The Morgan fingerprint density at radius 1 is 1.64 bits per heavy atom. The lowest BCUT2D eigenvalue weighted by atomic mass is 10.0. The van der Waals surface area contributed by atoms with Gasteiger partial charge in [0.1, 0.15) is 0 Å². The molecule has 1 atom stereocenters. The summed E-state index contributed by atoms with van der Waals surface area (Å²) in [5.41, 5.74) is 1.02. The van der Waals surface area contributed by atoms with Crippen LogP contribution in [-0.4, -0.2) is 29.6 Å². The normalized spacial score (nSPS) is 23.4. The van der Waals surface area contributed by atoms with Crippen LogP contribution in [0.2, 0.25) is 0 Å². The van der Waals surface area contributed by atoms with E-state index in [0.717, 1.165) is 25.0 Å². The molecule has 1 fully saturated rings. The predicted octanol–water partition coefficient (Wildman–Crippen LogP) is 2.12. The first-order valence-corrected chi connectivity index (χ1v) is 5.82. The van der Waals surface area contributed by atoms with Crippen molar-refractivity contribution in [3.63, 3.8) is 0 Å². The number of rotatable bonds is 3. The molecule has 3 heteroatoms. The van der Waals surface area contributed by atoms with Crippen molar-refractivity contribution in [2.24, 2.45) is 5.92 Å². The Kier molecular flexibility index (Phi) is 4.52. The van der Waals surface area contributed by atoms with Crippen molar-refractivity contribution in [2.45, 2.75) is 26.2 Å². The molecule has 2 nitrogen and oxygen atoms in total. The van der Waals surface area contributed by atoms with E-state index in [1.165, 1.54) is 0 Å². The van der Waals surface area contributed by atoms with Gasteiger partial charge in [0.05, 0.1) is 0 Å². The minimum Gasteiger partial charge on any atom is -0.339 e. The van der Waals surface area contributed by atoms with Gasteiger partial charge in [-0.3, -0.25) is 4.79 Å². The summed E-state index contributed by atoms with van der Waals surface area (Å²) in [5, 5.41) is 0. The topological polar surface area (TPSA) is 20.3 Å². The van der Waals surface area contributed by atoms with Crippen LogP contribution in [0.4, 0.5) is 0 Å². The fraction of sp³-hybridized carbons (Fsp3) is 0.727. The first kappa shape index (κ1) is 11.6. The molecule has 1 saturated heterocycles. The lowest BCUT2D eigenvalue weighted by Crippen LogP contribution is -2.32. The van der Waals surface area contributed by atoms with Gasteiger partial charge in [0.2, 0.25) is 5.91 Å². The standard InChI is InChI=1S/C11H19NOS/c1-9-3-4-11(13)12(6-5-9)7-10(2)8-14/h9,14H,2-8H2,1H3. The largest absolute Gasteiger partial charge is 0.339 e. The lowest BCUT2D eigenvalue weighted by Gasteiger charge is -2.21. The fourth-order valence-electron chi connectivity index (χ4n) is 1.66. The Balaban J connectivity index is 2.49. The first-order chi connectivity index (χ1) is 6.63. The minimum absolute atomic E-state index is 0.275. The molecule has 0 spiro atoms. The highest BCUT2D eigenvalue weighted by Gasteiger charge is 2.19. The van der Waals surface area contributed by atoms with Crippen molar-refractivity contribution in [1.29, 1.82) is 0 Å². The monoisotopic (exact) mass is 213 g/mol. The lowest BCUT2D eigenvalue weighted by molar-refractivity contribution is -0.130. The van der Waals surface area contributed by atoms with Gasteiger partial charge >= 0.3 is 0 Å². The third kappa shape index (κ3) is 3.37. The Labute approximate surface area is 91.8 Å². The van der Waals surface area contributed by atoms with Gasteiger partial charge in [-0.2, -0.15) is 12.6 Å². The third-order valence-corrected chi connectivity index (χ3v) is 3.18. The number of nitrogens with zero attached hydrogens (tertiary/aromatic N) is 1. The van der Waals surface area contributed by atoms with Gasteiger partial charge in [0.25, 0.3) is 0 Å². The van der Waals surface area contributed by atoms with Gasteiger partial charge in [-0.05, 0) is 24.3 Å². The van der Waals surface area contributed by atoms with Crippen LogP contribution in [0.3, 0.4) is 0 Å². The summed E-state index contributed by atoms with van der Waals surface area (Å²) in [6.45, 7) is 7.66. The Bertz CT molecular complexity index is 227. The van der Waals surface area contributed by atoms with Gasteiger partial charge in [0.15, 0.2) is 0 Å². The maximum atomic E-state index is 11.7. The zero-order chi connectivity index (χ0) is 10.6. The molecule has 1 heterocycles. The second-order valence-corrected chi connectivity index (χ2v) is 4.47. The average Bonchev–Trinajstić information content (AvgIpc) is 2.33. The second-order valence-electron chi connectivity index (χ2n) is 4.16. The third-order valence-electron chi connectivity index (χ3n) is 2.73. The smallest absolute Gasteiger partial charge is 0.222 e. The molecule has 0 radical (unpaired) electrons. The van der Waals surface area contributed by atoms with Crippen LogP contribution in [0, 0.1) is 5.92 Å². The van der Waals surface area contributed by atoms with E-state index in [0.29, 0.717) is 24.6 Å². The number of hydrogen-bond acceptors (Lipinski definition) is 2.